The van der Waals surface area contributed by atoms with Gasteiger partial charge in [-0.15, -0.1) is 0 Å². The number of piperidine rings is 1. The molecule has 1 aliphatic heterocycles. The van der Waals surface area contributed by atoms with Gasteiger partial charge in [0.15, 0.2) is 0 Å². The van der Waals surface area contributed by atoms with E-state index in [0.29, 0.717) is 16.8 Å². The van der Waals surface area contributed by atoms with Crippen LogP contribution in [0.2, 0.25) is 5.02 Å². The van der Waals surface area contributed by atoms with Crippen LogP contribution in [0, 0.1) is 6.92 Å². The Kier molecular flexibility index (Phi) is 7.27. The first-order chi connectivity index (χ1) is 11.5. The van der Waals surface area contributed by atoms with E-state index in [0.717, 1.165) is 37.2 Å². The minimum Gasteiger partial charge on any atom is -0.495 e. The zero-order chi connectivity index (χ0) is 17.5. The average molecular weight is 370 g/mol. The second-order valence-corrected chi connectivity index (χ2v) is 6.92. The maximum Gasteiger partial charge on any atom is 0.241 e. The summed E-state index contributed by atoms with van der Waals surface area (Å²) in [6, 6.07) is 4.10. The van der Waals surface area contributed by atoms with Crippen LogP contribution in [0.5, 0.6) is 5.75 Å². The summed E-state index contributed by atoms with van der Waals surface area (Å²) in [5, 5.41) is 5.60. The molecule has 0 aromatic heterocycles. The lowest BCUT2D eigenvalue weighted by molar-refractivity contribution is -0.130. The number of hydrogen-bond acceptors (Lipinski definition) is 5. The Labute approximate surface area is 152 Å². The largest absolute Gasteiger partial charge is 0.495 e. The summed E-state index contributed by atoms with van der Waals surface area (Å²) in [7, 11) is 1.59. The number of anilines is 1. The molecule has 0 unspecified atom stereocenters. The Morgan fingerprint density at radius 1 is 1.50 bits per heavy atom. The fraction of sp³-hybridized carbons (Fsp3) is 0.471. The van der Waals surface area contributed by atoms with Crippen LogP contribution in [0.15, 0.2) is 24.1 Å². The average Bonchev–Trinajstić information content (AvgIpc) is 2.60. The molecule has 1 aromatic carbocycles. The third-order valence-electron chi connectivity index (χ3n) is 4.08. The molecular weight excluding hydrogens is 346 g/mol. The molecule has 132 valence electrons. The van der Waals surface area contributed by atoms with Gasteiger partial charge in [0.05, 0.1) is 19.3 Å². The molecule has 5 nitrogen and oxygen atoms in total. The standard InChI is InChI=1S/C17H24ClN3O2S/c1-4-24-20-13-5-7-21(8-6-13)17(22)11-19-15-9-12(2)14(18)10-16(15)23-3/h4,9-10,13,19-20H,1,5-8,11H2,2-3H3. The summed E-state index contributed by atoms with van der Waals surface area (Å²) < 4.78 is 8.65. The number of carbonyl (C=O) groups is 1. The molecule has 24 heavy (non-hydrogen) atoms. The number of nitrogens with zero attached hydrogens (tertiary/aromatic N) is 1. The molecule has 0 atom stereocenters. The summed E-state index contributed by atoms with van der Waals surface area (Å²) >= 11 is 7.61. The predicted octanol–water partition coefficient (Wildman–Crippen LogP) is 3.44. The van der Waals surface area contributed by atoms with E-state index in [1.807, 2.05) is 17.9 Å². The van der Waals surface area contributed by atoms with Crippen LogP contribution < -0.4 is 14.8 Å². The smallest absolute Gasteiger partial charge is 0.241 e. The fourth-order valence-electron chi connectivity index (χ4n) is 2.64. The number of halogens is 1. The SMILES string of the molecule is C=CSNC1CCN(C(=O)CNc2cc(C)c(Cl)cc2OC)CC1. The molecule has 2 N–H and O–H groups in total. The molecule has 2 rings (SSSR count). The lowest BCUT2D eigenvalue weighted by Gasteiger charge is -2.32. The van der Waals surface area contributed by atoms with Crippen LogP contribution in [0.3, 0.4) is 0 Å². The number of nitrogens with one attached hydrogen (secondary N) is 2. The summed E-state index contributed by atoms with van der Waals surface area (Å²) in [6.07, 6.45) is 1.91. The molecule has 1 saturated heterocycles. The molecule has 0 saturated carbocycles. The van der Waals surface area contributed by atoms with Gasteiger partial charge in [0.1, 0.15) is 5.75 Å². The number of methoxy groups -OCH3 is 1. The summed E-state index contributed by atoms with van der Waals surface area (Å²) in [5.41, 5.74) is 1.73. The van der Waals surface area contributed by atoms with Crippen LogP contribution in [-0.4, -0.2) is 43.6 Å². The molecule has 1 heterocycles. The van der Waals surface area contributed by atoms with E-state index >= 15 is 0 Å². The molecule has 0 radical (unpaired) electrons. The van der Waals surface area contributed by atoms with Crippen molar-refractivity contribution in [3.05, 3.63) is 34.7 Å². The van der Waals surface area contributed by atoms with Crippen molar-refractivity contribution in [2.75, 3.05) is 32.1 Å². The molecule has 1 fully saturated rings. The number of likely N-dealkylation sites (tertiary alicyclic amines) is 1. The minimum absolute atomic E-state index is 0.0967. The van der Waals surface area contributed by atoms with Gasteiger partial charge in [-0.3, -0.25) is 9.52 Å². The van der Waals surface area contributed by atoms with Crippen molar-refractivity contribution in [3.8, 4) is 5.75 Å². The summed E-state index contributed by atoms with van der Waals surface area (Å²) in [6.45, 7) is 7.39. The highest BCUT2D eigenvalue weighted by atomic mass is 35.5. The van der Waals surface area contributed by atoms with Crippen LogP contribution >= 0.6 is 23.5 Å². The molecule has 1 aromatic rings. The van der Waals surface area contributed by atoms with E-state index in [9.17, 15) is 4.79 Å². The van der Waals surface area contributed by atoms with Crippen molar-refractivity contribution in [2.24, 2.45) is 0 Å². The Balaban J connectivity index is 1.86. The van der Waals surface area contributed by atoms with E-state index < -0.39 is 0 Å². The van der Waals surface area contributed by atoms with Gasteiger partial charge in [0.25, 0.3) is 0 Å². The topological polar surface area (TPSA) is 53.6 Å². The van der Waals surface area contributed by atoms with Gasteiger partial charge in [0.2, 0.25) is 5.91 Å². The maximum absolute atomic E-state index is 12.4. The molecule has 1 amide bonds. The minimum atomic E-state index is 0.0967. The van der Waals surface area contributed by atoms with Gasteiger partial charge in [-0.25, -0.2) is 0 Å². The van der Waals surface area contributed by atoms with E-state index in [-0.39, 0.29) is 12.5 Å². The number of aryl methyl sites for hydroxylation is 1. The first kappa shape index (κ1) is 19.0. The number of carbonyl (C=O) groups excluding carboxylic acids is 1. The molecular formula is C17H24ClN3O2S. The first-order valence-electron chi connectivity index (χ1n) is 7.93. The van der Waals surface area contributed by atoms with Crippen molar-refractivity contribution < 1.29 is 9.53 Å². The normalized spacial score (nSPS) is 15.2. The number of benzene rings is 1. The van der Waals surface area contributed by atoms with E-state index in [1.54, 1.807) is 18.6 Å². The molecule has 0 bridgehead atoms. The summed E-state index contributed by atoms with van der Waals surface area (Å²) in [5.74, 6) is 0.738. The zero-order valence-electron chi connectivity index (χ0n) is 14.1. The third-order valence-corrected chi connectivity index (χ3v) is 5.12. The van der Waals surface area contributed by atoms with Crippen molar-refractivity contribution in [3.63, 3.8) is 0 Å². The van der Waals surface area contributed by atoms with Gasteiger partial charge in [-0.1, -0.05) is 30.1 Å². The Morgan fingerprint density at radius 3 is 2.83 bits per heavy atom. The van der Waals surface area contributed by atoms with Crippen molar-refractivity contribution in [1.82, 2.24) is 9.62 Å². The van der Waals surface area contributed by atoms with Crippen molar-refractivity contribution in [2.45, 2.75) is 25.8 Å². The van der Waals surface area contributed by atoms with Crippen LogP contribution in [0.1, 0.15) is 18.4 Å². The Bertz CT molecular complexity index is 589. The molecule has 7 heteroatoms. The molecule has 1 aliphatic rings. The van der Waals surface area contributed by atoms with Crippen LogP contribution in [0.4, 0.5) is 5.69 Å². The molecule has 0 spiro atoms. The molecule has 0 aliphatic carbocycles. The summed E-state index contributed by atoms with van der Waals surface area (Å²) in [4.78, 5) is 14.3. The van der Waals surface area contributed by atoms with Gasteiger partial charge >= 0.3 is 0 Å². The monoisotopic (exact) mass is 369 g/mol. The van der Waals surface area contributed by atoms with Gasteiger partial charge in [-0.05, 0) is 36.8 Å². The maximum atomic E-state index is 12.4. The Morgan fingerprint density at radius 2 is 2.21 bits per heavy atom. The van der Waals surface area contributed by atoms with E-state index in [1.165, 1.54) is 11.9 Å². The number of rotatable bonds is 7. The van der Waals surface area contributed by atoms with Crippen LogP contribution in [0.25, 0.3) is 0 Å². The number of hydrogen-bond donors (Lipinski definition) is 2. The second kappa shape index (κ2) is 9.20. The highest BCUT2D eigenvalue weighted by molar-refractivity contribution is 8.00. The van der Waals surface area contributed by atoms with E-state index in [4.69, 9.17) is 16.3 Å². The zero-order valence-corrected chi connectivity index (χ0v) is 15.7. The van der Waals surface area contributed by atoms with Gasteiger partial charge < -0.3 is 15.0 Å². The lowest BCUT2D eigenvalue weighted by Crippen LogP contribution is -2.45. The van der Waals surface area contributed by atoms with Gasteiger partial charge in [0, 0.05) is 30.2 Å². The number of amides is 1. The lowest BCUT2D eigenvalue weighted by atomic mass is 10.1. The highest BCUT2D eigenvalue weighted by Crippen LogP contribution is 2.30. The predicted molar refractivity (Wildman–Crippen MR) is 102 cm³/mol. The quantitative estimate of drug-likeness (QED) is 0.721. The second-order valence-electron chi connectivity index (χ2n) is 5.71. The van der Waals surface area contributed by atoms with E-state index in [2.05, 4.69) is 16.6 Å². The Hall–Kier alpha value is -1.37. The van der Waals surface area contributed by atoms with Crippen molar-refractivity contribution in [1.29, 1.82) is 0 Å². The van der Waals surface area contributed by atoms with Gasteiger partial charge in [-0.2, -0.15) is 0 Å². The highest BCUT2D eigenvalue weighted by Gasteiger charge is 2.22. The van der Waals surface area contributed by atoms with Crippen LogP contribution in [-0.2, 0) is 4.79 Å². The third kappa shape index (κ3) is 5.06. The number of ether oxygens (including phenoxy) is 1. The fourth-order valence-corrected chi connectivity index (χ4v) is 3.32. The van der Waals surface area contributed by atoms with Crippen molar-refractivity contribution >= 4 is 35.1 Å². The first-order valence-corrected chi connectivity index (χ1v) is 9.18.